The topological polar surface area (TPSA) is 38.3 Å². The molecule has 0 unspecified atom stereocenters. The number of carbonyl (C=O) groups excluding carboxylic acids is 1. The highest BCUT2D eigenvalue weighted by Gasteiger charge is 2.38. The zero-order valence-corrected chi connectivity index (χ0v) is 13.4. The van der Waals surface area contributed by atoms with E-state index < -0.39 is 0 Å². The largest absolute Gasteiger partial charge is 0.465 e. The highest BCUT2D eigenvalue weighted by Crippen LogP contribution is 2.35. The van der Waals surface area contributed by atoms with Gasteiger partial charge < -0.3 is 4.74 Å². The molecule has 0 spiro atoms. The summed E-state index contributed by atoms with van der Waals surface area (Å²) in [5.74, 6) is 0.248. The van der Waals surface area contributed by atoms with E-state index in [0.717, 1.165) is 12.8 Å². The fraction of sp³-hybridized carbons (Fsp3) is 0.350. The van der Waals surface area contributed by atoms with Crippen molar-refractivity contribution in [1.82, 2.24) is 5.32 Å². The average Bonchev–Trinajstić information content (AvgIpc) is 3.01. The summed E-state index contributed by atoms with van der Waals surface area (Å²) in [5, 5.41) is 3.49. The lowest BCUT2D eigenvalue weighted by Gasteiger charge is -2.20. The lowest BCUT2D eigenvalue weighted by molar-refractivity contribution is -0.145. The third-order valence-corrected chi connectivity index (χ3v) is 4.46. The summed E-state index contributed by atoms with van der Waals surface area (Å²) in [4.78, 5) is 12.1. The molecule has 1 saturated heterocycles. The molecule has 1 N–H and O–H groups in total. The van der Waals surface area contributed by atoms with E-state index in [4.69, 9.17) is 4.74 Å². The quantitative estimate of drug-likeness (QED) is 0.859. The molecule has 3 nitrogen and oxygen atoms in total. The first-order chi connectivity index (χ1) is 11.3. The Morgan fingerprint density at radius 1 is 1.09 bits per heavy atom. The minimum atomic E-state index is -0.214. The molecule has 0 amide bonds. The first-order valence-corrected chi connectivity index (χ1v) is 8.29. The maximum atomic E-state index is 12.1. The Morgan fingerprint density at radius 2 is 1.74 bits per heavy atom. The van der Waals surface area contributed by atoms with Crippen molar-refractivity contribution >= 4 is 5.97 Å². The number of hydrogen-bond donors (Lipinski definition) is 1. The Labute approximate surface area is 137 Å². The van der Waals surface area contributed by atoms with E-state index in [1.807, 2.05) is 31.2 Å². The molecule has 3 rings (SSSR count). The molecule has 1 heterocycles. The van der Waals surface area contributed by atoms with Gasteiger partial charge in [0.15, 0.2) is 0 Å². The second-order valence-corrected chi connectivity index (χ2v) is 6.05. The molecule has 0 saturated carbocycles. The van der Waals surface area contributed by atoms with Crippen LogP contribution >= 0.6 is 0 Å². The highest BCUT2D eigenvalue weighted by atomic mass is 16.5. The summed E-state index contributed by atoms with van der Waals surface area (Å²) in [7, 11) is 0. The Kier molecular flexibility index (Phi) is 5.09. The number of esters is 1. The Hall–Kier alpha value is -2.13. The normalized spacial score (nSPS) is 23.6. The summed E-state index contributed by atoms with van der Waals surface area (Å²) in [6, 6.07) is 20.8. The van der Waals surface area contributed by atoms with Gasteiger partial charge in [0, 0.05) is 6.04 Å². The van der Waals surface area contributed by atoms with Gasteiger partial charge in [0.25, 0.3) is 0 Å². The van der Waals surface area contributed by atoms with Crippen LogP contribution in [0.4, 0.5) is 0 Å². The van der Waals surface area contributed by atoms with Crippen molar-refractivity contribution in [2.45, 2.75) is 31.8 Å². The van der Waals surface area contributed by atoms with Crippen molar-refractivity contribution in [2.24, 2.45) is 5.92 Å². The molecule has 0 aromatic heterocycles. The first-order valence-electron chi connectivity index (χ1n) is 8.29. The van der Waals surface area contributed by atoms with Crippen LogP contribution in [0.1, 0.15) is 30.5 Å². The van der Waals surface area contributed by atoms with Crippen LogP contribution in [0, 0.1) is 5.92 Å². The van der Waals surface area contributed by atoms with Gasteiger partial charge in [-0.25, -0.2) is 0 Å². The van der Waals surface area contributed by atoms with Crippen molar-refractivity contribution in [3.8, 4) is 0 Å². The van der Waals surface area contributed by atoms with Gasteiger partial charge >= 0.3 is 5.97 Å². The number of benzene rings is 2. The van der Waals surface area contributed by atoms with E-state index in [1.54, 1.807) is 0 Å². The second kappa shape index (κ2) is 7.42. The molecule has 0 aliphatic carbocycles. The zero-order valence-electron chi connectivity index (χ0n) is 13.4. The molecule has 3 atom stereocenters. The van der Waals surface area contributed by atoms with E-state index in [0.29, 0.717) is 12.5 Å². The zero-order chi connectivity index (χ0) is 16.1. The second-order valence-electron chi connectivity index (χ2n) is 6.05. The number of ether oxygens (including phenoxy) is 1. The van der Waals surface area contributed by atoms with Gasteiger partial charge in [0.05, 0.1) is 6.61 Å². The smallest absolute Gasteiger partial charge is 0.323 e. The maximum absolute atomic E-state index is 12.1. The van der Waals surface area contributed by atoms with Gasteiger partial charge in [-0.2, -0.15) is 0 Å². The van der Waals surface area contributed by atoms with Gasteiger partial charge in [-0.1, -0.05) is 60.7 Å². The van der Waals surface area contributed by atoms with E-state index in [9.17, 15) is 4.79 Å². The fourth-order valence-electron chi connectivity index (χ4n) is 3.41. The summed E-state index contributed by atoms with van der Waals surface area (Å²) in [5.41, 5.74) is 2.55. The number of carbonyl (C=O) groups is 1. The van der Waals surface area contributed by atoms with Crippen LogP contribution in [0.2, 0.25) is 0 Å². The van der Waals surface area contributed by atoms with Crippen LogP contribution in [-0.4, -0.2) is 18.6 Å². The van der Waals surface area contributed by atoms with Crippen LogP contribution in [0.5, 0.6) is 0 Å². The maximum Gasteiger partial charge on any atom is 0.323 e. The van der Waals surface area contributed by atoms with Gasteiger partial charge in [-0.05, 0) is 36.8 Å². The van der Waals surface area contributed by atoms with Crippen molar-refractivity contribution < 1.29 is 9.53 Å². The van der Waals surface area contributed by atoms with Crippen LogP contribution < -0.4 is 5.32 Å². The van der Waals surface area contributed by atoms with Crippen molar-refractivity contribution in [1.29, 1.82) is 0 Å². The molecule has 1 aliphatic rings. The third kappa shape index (κ3) is 3.80. The van der Waals surface area contributed by atoms with Crippen LogP contribution in [0.25, 0.3) is 0 Å². The molecule has 120 valence electrons. The predicted molar refractivity (Wildman–Crippen MR) is 91.0 cm³/mol. The lowest BCUT2D eigenvalue weighted by Crippen LogP contribution is -2.33. The van der Waals surface area contributed by atoms with Gasteiger partial charge in [0.1, 0.15) is 6.04 Å². The Balaban J connectivity index is 1.80. The molecule has 3 heteroatoms. The van der Waals surface area contributed by atoms with Gasteiger partial charge in [0.2, 0.25) is 0 Å². The summed E-state index contributed by atoms with van der Waals surface area (Å²) in [6.45, 7) is 2.28. The van der Waals surface area contributed by atoms with E-state index in [2.05, 4.69) is 41.7 Å². The summed E-state index contributed by atoms with van der Waals surface area (Å²) in [6.07, 6.45) is 1.77. The highest BCUT2D eigenvalue weighted by molar-refractivity contribution is 5.76. The predicted octanol–water partition coefficient (Wildman–Crippen LogP) is 3.51. The van der Waals surface area contributed by atoms with Crippen LogP contribution in [-0.2, 0) is 16.0 Å². The lowest BCUT2D eigenvalue weighted by atomic mass is 9.88. The van der Waals surface area contributed by atoms with E-state index in [-0.39, 0.29) is 18.1 Å². The van der Waals surface area contributed by atoms with E-state index >= 15 is 0 Å². The minimum Gasteiger partial charge on any atom is -0.465 e. The molecule has 1 aliphatic heterocycles. The molecule has 23 heavy (non-hydrogen) atoms. The summed E-state index contributed by atoms with van der Waals surface area (Å²) < 4.78 is 5.21. The minimum absolute atomic E-state index is 0.135. The molecule has 0 radical (unpaired) electrons. The monoisotopic (exact) mass is 309 g/mol. The van der Waals surface area contributed by atoms with Gasteiger partial charge in [-0.15, -0.1) is 0 Å². The molecule has 2 aromatic carbocycles. The number of hydrogen-bond acceptors (Lipinski definition) is 3. The average molecular weight is 309 g/mol. The van der Waals surface area contributed by atoms with Crippen LogP contribution in [0.15, 0.2) is 60.7 Å². The Morgan fingerprint density at radius 3 is 2.39 bits per heavy atom. The molecule has 0 bridgehead atoms. The van der Waals surface area contributed by atoms with Crippen molar-refractivity contribution in [2.75, 3.05) is 6.61 Å². The standard InChI is InChI=1S/C20H23NO2/c1-2-23-20(22)18-14-17(13-15-9-5-3-6-10-15)19(21-18)16-11-7-4-8-12-16/h3-12,17-19,21H,2,13-14H2,1H3/t17-,18-,19-/m0/s1. The van der Waals surface area contributed by atoms with Crippen molar-refractivity contribution in [3.63, 3.8) is 0 Å². The van der Waals surface area contributed by atoms with E-state index in [1.165, 1.54) is 11.1 Å². The van der Waals surface area contributed by atoms with Crippen LogP contribution in [0.3, 0.4) is 0 Å². The number of nitrogens with one attached hydrogen (secondary N) is 1. The first kappa shape index (κ1) is 15.8. The molecule has 1 fully saturated rings. The molecular weight excluding hydrogens is 286 g/mol. The number of rotatable bonds is 5. The fourth-order valence-corrected chi connectivity index (χ4v) is 3.41. The molecule has 2 aromatic rings. The van der Waals surface area contributed by atoms with Crippen molar-refractivity contribution in [3.05, 3.63) is 71.8 Å². The molecular formula is C20H23NO2. The van der Waals surface area contributed by atoms with Gasteiger partial charge in [-0.3, -0.25) is 10.1 Å². The SMILES string of the molecule is CCOC(=O)[C@@H]1C[C@H](Cc2ccccc2)[C@H](c2ccccc2)N1. The summed E-state index contributed by atoms with van der Waals surface area (Å²) >= 11 is 0. The third-order valence-electron chi connectivity index (χ3n) is 4.46. The Bertz CT molecular complexity index is 627.